The maximum atomic E-state index is 12.2. The molecule has 5 nitrogen and oxygen atoms in total. The summed E-state index contributed by atoms with van der Waals surface area (Å²) >= 11 is 0. The average Bonchev–Trinajstić information content (AvgIpc) is 2.66. The Morgan fingerprint density at radius 3 is 2.68 bits per heavy atom. The van der Waals surface area contributed by atoms with Gasteiger partial charge in [-0.15, -0.1) is 0 Å². The highest BCUT2D eigenvalue weighted by atomic mass is 16.5. The molecule has 0 saturated carbocycles. The third-order valence-corrected chi connectivity index (χ3v) is 3.74. The molecule has 0 aliphatic heterocycles. The molecule has 1 heterocycles. The number of hydrogen-bond acceptors (Lipinski definition) is 4. The number of carbonyl (C=O) groups is 1. The molecule has 126 valence electrons. The molecular weight excluding hydrogens is 316 g/mol. The van der Waals surface area contributed by atoms with Gasteiger partial charge < -0.3 is 14.8 Å². The summed E-state index contributed by atoms with van der Waals surface area (Å²) < 4.78 is 10.5. The summed E-state index contributed by atoms with van der Waals surface area (Å²) in [5, 5.41) is 3.79. The van der Waals surface area contributed by atoms with E-state index in [9.17, 15) is 4.79 Å². The van der Waals surface area contributed by atoms with Crippen molar-refractivity contribution in [3.63, 3.8) is 0 Å². The second-order valence-corrected chi connectivity index (χ2v) is 5.31. The molecule has 1 amide bonds. The maximum Gasteiger partial charge on any atom is 0.248 e. The van der Waals surface area contributed by atoms with Gasteiger partial charge in [-0.1, -0.05) is 12.1 Å². The summed E-state index contributed by atoms with van der Waals surface area (Å²) in [4.78, 5) is 16.5. The predicted molar refractivity (Wildman–Crippen MR) is 99.0 cm³/mol. The lowest BCUT2D eigenvalue weighted by Gasteiger charge is -2.08. The number of nitrogens with zero attached hydrogens (tertiary/aromatic N) is 1. The number of rotatable bonds is 5. The van der Waals surface area contributed by atoms with Gasteiger partial charge in [-0.05, 0) is 48.0 Å². The average molecular weight is 334 g/mol. The van der Waals surface area contributed by atoms with Gasteiger partial charge in [0.05, 0.1) is 25.4 Å². The predicted octanol–water partition coefficient (Wildman–Crippen LogP) is 3.90. The molecular formula is C20H18N2O3. The van der Waals surface area contributed by atoms with Gasteiger partial charge in [0, 0.05) is 17.7 Å². The van der Waals surface area contributed by atoms with E-state index in [4.69, 9.17) is 9.47 Å². The van der Waals surface area contributed by atoms with E-state index in [2.05, 4.69) is 10.3 Å². The summed E-state index contributed by atoms with van der Waals surface area (Å²) in [5.41, 5.74) is 2.41. The van der Waals surface area contributed by atoms with Crippen LogP contribution < -0.4 is 14.8 Å². The summed E-state index contributed by atoms with van der Waals surface area (Å²) in [5.74, 6) is 1.05. The number of pyridine rings is 1. The molecule has 0 unspecified atom stereocenters. The van der Waals surface area contributed by atoms with Gasteiger partial charge in [0.15, 0.2) is 11.5 Å². The zero-order valence-corrected chi connectivity index (χ0v) is 14.0. The van der Waals surface area contributed by atoms with Crippen LogP contribution in [0.15, 0.2) is 60.8 Å². The third kappa shape index (κ3) is 3.77. The van der Waals surface area contributed by atoms with E-state index in [0.29, 0.717) is 11.5 Å². The number of anilines is 1. The van der Waals surface area contributed by atoms with Crippen molar-refractivity contribution < 1.29 is 14.3 Å². The molecule has 0 radical (unpaired) electrons. The molecule has 0 atom stereocenters. The Kier molecular flexibility index (Phi) is 4.95. The van der Waals surface area contributed by atoms with Crippen LogP contribution in [0.3, 0.4) is 0 Å². The van der Waals surface area contributed by atoms with Crippen LogP contribution in [0, 0.1) is 0 Å². The zero-order valence-electron chi connectivity index (χ0n) is 14.0. The summed E-state index contributed by atoms with van der Waals surface area (Å²) in [6, 6.07) is 14.9. The fraction of sp³-hybridized carbons (Fsp3) is 0.100. The Morgan fingerprint density at radius 1 is 1.04 bits per heavy atom. The minimum Gasteiger partial charge on any atom is -0.493 e. The number of carbonyl (C=O) groups excluding carboxylic acids is 1. The highest BCUT2D eigenvalue weighted by molar-refractivity contribution is 6.06. The molecule has 2 aromatic carbocycles. The molecule has 0 bridgehead atoms. The van der Waals surface area contributed by atoms with Crippen molar-refractivity contribution in [3.8, 4) is 11.5 Å². The minimum absolute atomic E-state index is 0.217. The monoisotopic (exact) mass is 334 g/mol. The van der Waals surface area contributed by atoms with Crippen molar-refractivity contribution in [1.29, 1.82) is 0 Å². The molecule has 1 aromatic heterocycles. The summed E-state index contributed by atoms with van der Waals surface area (Å²) in [7, 11) is 3.16. The molecule has 0 saturated heterocycles. The number of fused-ring (bicyclic) bond motifs is 1. The van der Waals surface area contributed by atoms with Gasteiger partial charge in [-0.25, -0.2) is 0 Å². The molecule has 0 aliphatic carbocycles. The van der Waals surface area contributed by atoms with E-state index >= 15 is 0 Å². The highest BCUT2D eigenvalue weighted by Crippen LogP contribution is 2.28. The van der Waals surface area contributed by atoms with Crippen molar-refractivity contribution >= 4 is 28.6 Å². The highest BCUT2D eigenvalue weighted by Gasteiger charge is 2.05. The Labute approximate surface area is 145 Å². The van der Waals surface area contributed by atoms with E-state index in [1.54, 1.807) is 32.6 Å². The molecule has 3 aromatic rings. The lowest BCUT2D eigenvalue weighted by molar-refractivity contribution is -0.111. The van der Waals surface area contributed by atoms with Crippen LogP contribution in [0.1, 0.15) is 5.56 Å². The number of methoxy groups -OCH3 is 2. The van der Waals surface area contributed by atoms with E-state index in [-0.39, 0.29) is 5.91 Å². The summed E-state index contributed by atoms with van der Waals surface area (Å²) in [6.07, 6.45) is 4.93. The van der Waals surface area contributed by atoms with Gasteiger partial charge in [0.1, 0.15) is 0 Å². The molecule has 5 heteroatoms. The molecule has 25 heavy (non-hydrogen) atoms. The lowest BCUT2D eigenvalue weighted by atomic mass is 10.1. The third-order valence-electron chi connectivity index (χ3n) is 3.74. The standard InChI is InChI=1S/C20H18N2O3/c1-24-18-10-8-14(13-19(18)25-2)9-11-20(23)22-17-7-3-6-16-15(17)5-4-12-21-16/h3-13H,1-2H3,(H,22,23). The van der Waals surface area contributed by atoms with Crippen molar-refractivity contribution in [3.05, 3.63) is 66.4 Å². The SMILES string of the molecule is COc1ccc(C=CC(=O)Nc2cccc3ncccc23)cc1OC. The molecule has 0 spiro atoms. The van der Waals surface area contributed by atoms with Crippen LogP contribution in [0.2, 0.25) is 0 Å². The van der Waals surface area contributed by atoms with Crippen LogP contribution in [-0.4, -0.2) is 25.1 Å². The fourth-order valence-electron chi connectivity index (χ4n) is 2.52. The number of amides is 1. The van der Waals surface area contributed by atoms with Crippen LogP contribution in [0.25, 0.3) is 17.0 Å². The van der Waals surface area contributed by atoms with Crippen molar-refractivity contribution in [1.82, 2.24) is 4.98 Å². The van der Waals surface area contributed by atoms with Crippen molar-refractivity contribution in [2.45, 2.75) is 0 Å². The first-order valence-corrected chi connectivity index (χ1v) is 7.76. The first-order chi connectivity index (χ1) is 12.2. The molecule has 0 aliphatic rings. The number of hydrogen-bond donors (Lipinski definition) is 1. The van der Waals surface area contributed by atoms with Gasteiger partial charge in [0.25, 0.3) is 0 Å². The van der Waals surface area contributed by atoms with Crippen molar-refractivity contribution in [2.24, 2.45) is 0 Å². The van der Waals surface area contributed by atoms with Crippen LogP contribution in [-0.2, 0) is 4.79 Å². The van der Waals surface area contributed by atoms with Crippen LogP contribution in [0.5, 0.6) is 11.5 Å². The number of benzene rings is 2. The van der Waals surface area contributed by atoms with Gasteiger partial charge >= 0.3 is 0 Å². The quantitative estimate of drug-likeness (QED) is 0.719. The zero-order chi connectivity index (χ0) is 17.6. The van der Waals surface area contributed by atoms with E-state index in [1.165, 1.54) is 6.08 Å². The summed E-state index contributed by atoms with van der Waals surface area (Å²) in [6.45, 7) is 0. The Balaban J connectivity index is 1.77. The fourth-order valence-corrected chi connectivity index (χ4v) is 2.52. The van der Waals surface area contributed by atoms with Gasteiger partial charge in [-0.3, -0.25) is 9.78 Å². The number of nitrogens with one attached hydrogen (secondary N) is 1. The van der Waals surface area contributed by atoms with Crippen LogP contribution >= 0.6 is 0 Å². The molecule has 3 rings (SSSR count). The Morgan fingerprint density at radius 2 is 1.88 bits per heavy atom. The Bertz CT molecular complexity index is 930. The van der Waals surface area contributed by atoms with Crippen molar-refractivity contribution in [2.75, 3.05) is 19.5 Å². The van der Waals surface area contributed by atoms with E-state index < -0.39 is 0 Å². The first kappa shape index (κ1) is 16.5. The van der Waals surface area contributed by atoms with Gasteiger partial charge in [0.2, 0.25) is 5.91 Å². The maximum absolute atomic E-state index is 12.2. The van der Waals surface area contributed by atoms with E-state index in [1.807, 2.05) is 42.5 Å². The number of ether oxygens (including phenoxy) is 2. The lowest BCUT2D eigenvalue weighted by Crippen LogP contribution is -2.08. The Hall–Kier alpha value is -3.34. The minimum atomic E-state index is -0.217. The second-order valence-electron chi connectivity index (χ2n) is 5.31. The van der Waals surface area contributed by atoms with Crippen LogP contribution in [0.4, 0.5) is 5.69 Å². The van der Waals surface area contributed by atoms with Gasteiger partial charge in [-0.2, -0.15) is 0 Å². The molecule has 1 N–H and O–H groups in total. The first-order valence-electron chi connectivity index (χ1n) is 7.76. The molecule has 0 fully saturated rings. The topological polar surface area (TPSA) is 60.5 Å². The normalized spacial score (nSPS) is 10.8. The smallest absolute Gasteiger partial charge is 0.248 e. The van der Waals surface area contributed by atoms with E-state index in [0.717, 1.165) is 22.2 Å². The number of aromatic nitrogens is 1. The largest absolute Gasteiger partial charge is 0.493 e. The second kappa shape index (κ2) is 7.49.